The fourth-order valence-electron chi connectivity index (χ4n) is 2.42. The number of imidazole rings is 1. The average Bonchev–Trinajstić information content (AvgIpc) is 2.89. The molecule has 3 rings (SSSR count). The second-order valence-electron chi connectivity index (χ2n) is 4.95. The predicted molar refractivity (Wildman–Crippen MR) is 79.0 cm³/mol. The lowest BCUT2D eigenvalue weighted by Crippen LogP contribution is -2.23. The van der Waals surface area contributed by atoms with Gasteiger partial charge in [-0.25, -0.2) is 4.98 Å². The van der Waals surface area contributed by atoms with Crippen molar-refractivity contribution in [1.82, 2.24) is 9.55 Å². The number of aromatic nitrogens is 2. The molecule has 0 radical (unpaired) electrons. The third kappa shape index (κ3) is 3.25. The molecular weight excluding hydrogens is 304 g/mol. The van der Waals surface area contributed by atoms with E-state index in [1.807, 2.05) is 18.5 Å². The summed E-state index contributed by atoms with van der Waals surface area (Å²) in [4.78, 5) is 4.47. The molecule has 19 heavy (non-hydrogen) atoms. The number of nitrogens with zero attached hydrogens (tertiary/aromatic N) is 2. The second-order valence-corrected chi connectivity index (χ2v) is 5.87. The van der Waals surface area contributed by atoms with Crippen molar-refractivity contribution >= 4 is 15.9 Å². The lowest BCUT2D eigenvalue weighted by molar-refractivity contribution is 0.00598. The van der Waals surface area contributed by atoms with Gasteiger partial charge in [-0.3, -0.25) is 0 Å². The molecule has 1 aromatic carbocycles. The lowest BCUT2D eigenvalue weighted by atomic mass is 10.1. The van der Waals surface area contributed by atoms with Gasteiger partial charge in [0.05, 0.1) is 18.1 Å². The largest absolute Gasteiger partial charge is 0.376 e. The Hall–Kier alpha value is -1.13. The normalized spacial score (nSPS) is 19.5. The topological polar surface area (TPSA) is 27.1 Å². The summed E-state index contributed by atoms with van der Waals surface area (Å²) in [6, 6.07) is 8.24. The summed E-state index contributed by atoms with van der Waals surface area (Å²) in [5.74, 6) is 0. The van der Waals surface area contributed by atoms with Crippen LogP contribution in [0.25, 0.3) is 11.3 Å². The summed E-state index contributed by atoms with van der Waals surface area (Å²) in [6.45, 7) is 1.81. The maximum Gasteiger partial charge on any atom is 0.0954 e. The van der Waals surface area contributed by atoms with Crippen LogP contribution in [0.2, 0.25) is 0 Å². The summed E-state index contributed by atoms with van der Waals surface area (Å²) in [7, 11) is 0. The van der Waals surface area contributed by atoms with Crippen molar-refractivity contribution in [1.29, 1.82) is 0 Å². The van der Waals surface area contributed by atoms with Crippen LogP contribution in [0.15, 0.2) is 41.3 Å². The van der Waals surface area contributed by atoms with Crippen molar-refractivity contribution in [3.63, 3.8) is 0 Å². The van der Waals surface area contributed by atoms with E-state index >= 15 is 0 Å². The van der Waals surface area contributed by atoms with Crippen molar-refractivity contribution in [3.8, 4) is 11.3 Å². The van der Waals surface area contributed by atoms with Crippen LogP contribution in [0.5, 0.6) is 0 Å². The first-order valence-corrected chi connectivity index (χ1v) is 7.50. The SMILES string of the molecule is Brc1ccc(-c2cn(CC3CCCCO3)cn2)cc1. The van der Waals surface area contributed by atoms with E-state index in [9.17, 15) is 0 Å². The predicted octanol–water partition coefficient (Wildman–Crippen LogP) is 3.88. The first-order chi connectivity index (χ1) is 9.31. The molecule has 100 valence electrons. The van der Waals surface area contributed by atoms with Gasteiger partial charge in [-0.2, -0.15) is 0 Å². The van der Waals surface area contributed by atoms with Gasteiger partial charge in [-0.05, 0) is 31.4 Å². The summed E-state index contributed by atoms with van der Waals surface area (Å²) < 4.78 is 8.98. The molecule has 1 unspecified atom stereocenters. The number of ether oxygens (including phenoxy) is 1. The Kier molecular flexibility index (Phi) is 3.99. The molecule has 2 aromatic rings. The Bertz CT molecular complexity index is 529. The Balaban J connectivity index is 1.70. The van der Waals surface area contributed by atoms with Crippen LogP contribution in [-0.4, -0.2) is 22.3 Å². The molecule has 1 aliphatic rings. The molecule has 1 aliphatic heterocycles. The quantitative estimate of drug-likeness (QED) is 0.858. The number of benzene rings is 1. The molecule has 0 bridgehead atoms. The van der Waals surface area contributed by atoms with E-state index in [0.29, 0.717) is 6.10 Å². The zero-order valence-electron chi connectivity index (χ0n) is 10.8. The van der Waals surface area contributed by atoms with Crippen LogP contribution >= 0.6 is 15.9 Å². The van der Waals surface area contributed by atoms with E-state index in [1.165, 1.54) is 12.8 Å². The Morgan fingerprint density at radius 2 is 2.11 bits per heavy atom. The highest BCUT2D eigenvalue weighted by Gasteiger charge is 2.14. The molecule has 0 spiro atoms. The van der Waals surface area contributed by atoms with Crippen molar-refractivity contribution in [2.24, 2.45) is 0 Å². The Morgan fingerprint density at radius 1 is 1.26 bits per heavy atom. The molecule has 0 N–H and O–H groups in total. The first-order valence-electron chi connectivity index (χ1n) is 6.70. The third-order valence-corrected chi connectivity index (χ3v) is 3.99. The molecule has 0 aliphatic carbocycles. The first kappa shape index (κ1) is 12.9. The smallest absolute Gasteiger partial charge is 0.0954 e. The van der Waals surface area contributed by atoms with Gasteiger partial charge in [-0.15, -0.1) is 0 Å². The Morgan fingerprint density at radius 3 is 2.84 bits per heavy atom. The van der Waals surface area contributed by atoms with Gasteiger partial charge in [0.15, 0.2) is 0 Å². The van der Waals surface area contributed by atoms with Crippen LogP contribution in [-0.2, 0) is 11.3 Å². The van der Waals surface area contributed by atoms with E-state index in [4.69, 9.17) is 4.74 Å². The molecule has 0 amide bonds. The summed E-state index contributed by atoms with van der Waals surface area (Å²) in [5.41, 5.74) is 2.16. The van der Waals surface area contributed by atoms with Crippen LogP contribution in [0, 0.1) is 0 Å². The van der Waals surface area contributed by atoms with Gasteiger partial charge in [0.2, 0.25) is 0 Å². The maximum atomic E-state index is 5.76. The zero-order chi connectivity index (χ0) is 13.1. The highest BCUT2D eigenvalue weighted by Crippen LogP contribution is 2.21. The zero-order valence-corrected chi connectivity index (χ0v) is 12.3. The number of hydrogen-bond donors (Lipinski definition) is 0. The van der Waals surface area contributed by atoms with Crippen molar-refractivity contribution in [3.05, 3.63) is 41.3 Å². The minimum Gasteiger partial charge on any atom is -0.376 e. The summed E-state index contributed by atoms with van der Waals surface area (Å²) >= 11 is 3.45. The summed E-state index contributed by atoms with van der Waals surface area (Å²) in [5, 5.41) is 0. The highest BCUT2D eigenvalue weighted by atomic mass is 79.9. The van der Waals surface area contributed by atoms with Gasteiger partial charge in [0, 0.05) is 29.4 Å². The lowest BCUT2D eigenvalue weighted by Gasteiger charge is -2.22. The maximum absolute atomic E-state index is 5.76. The second kappa shape index (κ2) is 5.88. The molecule has 1 fully saturated rings. The molecule has 1 atom stereocenters. The summed E-state index contributed by atoms with van der Waals surface area (Å²) in [6.07, 6.45) is 7.98. The van der Waals surface area contributed by atoms with Crippen LogP contribution in [0.4, 0.5) is 0 Å². The monoisotopic (exact) mass is 320 g/mol. The molecule has 1 aromatic heterocycles. The van der Waals surface area contributed by atoms with Crippen molar-refractivity contribution in [2.45, 2.75) is 31.9 Å². The van der Waals surface area contributed by atoms with E-state index < -0.39 is 0 Å². The van der Waals surface area contributed by atoms with Crippen molar-refractivity contribution in [2.75, 3.05) is 6.61 Å². The number of halogens is 1. The molecule has 2 heterocycles. The standard InChI is InChI=1S/C15H17BrN2O/c16-13-6-4-12(5-7-13)15-10-18(11-17-15)9-14-3-1-2-8-19-14/h4-7,10-11,14H,1-3,8-9H2. The van der Waals surface area contributed by atoms with Gasteiger partial charge >= 0.3 is 0 Å². The van der Waals surface area contributed by atoms with Gasteiger partial charge in [-0.1, -0.05) is 28.1 Å². The van der Waals surface area contributed by atoms with Crippen LogP contribution < -0.4 is 0 Å². The van der Waals surface area contributed by atoms with Gasteiger partial charge < -0.3 is 9.30 Å². The van der Waals surface area contributed by atoms with Gasteiger partial charge in [0.1, 0.15) is 0 Å². The van der Waals surface area contributed by atoms with E-state index in [-0.39, 0.29) is 0 Å². The average molecular weight is 321 g/mol. The minimum atomic E-state index is 0.348. The van der Waals surface area contributed by atoms with Gasteiger partial charge in [0.25, 0.3) is 0 Å². The van der Waals surface area contributed by atoms with E-state index in [2.05, 4.69) is 43.8 Å². The van der Waals surface area contributed by atoms with Crippen LogP contribution in [0.1, 0.15) is 19.3 Å². The molecule has 0 saturated carbocycles. The van der Waals surface area contributed by atoms with E-state index in [1.54, 1.807) is 0 Å². The minimum absolute atomic E-state index is 0.348. The Labute approximate surface area is 121 Å². The fraction of sp³-hybridized carbons (Fsp3) is 0.400. The molecule has 3 nitrogen and oxygen atoms in total. The van der Waals surface area contributed by atoms with Crippen LogP contribution in [0.3, 0.4) is 0 Å². The molecule has 1 saturated heterocycles. The van der Waals surface area contributed by atoms with Crippen molar-refractivity contribution < 1.29 is 4.74 Å². The number of rotatable bonds is 3. The third-order valence-electron chi connectivity index (χ3n) is 3.46. The highest BCUT2D eigenvalue weighted by molar-refractivity contribution is 9.10. The fourth-order valence-corrected chi connectivity index (χ4v) is 2.68. The number of hydrogen-bond acceptors (Lipinski definition) is 2. The molecule has 4 heteroatoms. The molecular formula is C15H17BrN2O. The van der Waals surface area contributed by atoms with E-state index in [0.717, 1.165) is 35.3 Å².